The molecule has 4 heteroatoms. The van der Waals surface area contributed by atoms with Crippen molar-refractivity contribution in [1.82, 2.24) is 0 Å². The van der Waals surface area contributed by atoms with Crippen LogP contribution in [-0.2, 0) is 10.3 Å². The molecule has 0 atom stereocenters. The van der Waals surface area contributed by atoms with Crippen molar-refractivity contribution >= 4 is 54.8 Å². The number of carbonyl (C=O) groups excluding carboxylic acids is 1. The number of benzene rings is 6. The van der Waals surface area contributed by atoms with Gasteiger partial charge >= 0.3 is 5.97 Å². The van der Waals surface area contributed by atoms with Crippen molar-refractivity contribution in [3.63, 3.8) is 0 Å². The first-order valence-electron chi connectivity index (χ1n) is 16.8. The Balaban J connectivity index is 1.70. The minimum atomic E-state index is -2.31. The maximum Gasteiger partial charge on any atom is 0.340 e. The molecule has 0 saturated heterocycles. The summed E-state index contributed by atoms with van der Waals surface area (Å²) in [5.41, 5.74) is 5.28. The maximum atomic E-state index is 15.1. The van der Waals surface area contributed by atoms with E-state index in [1.807, 2.05) is 30.3 Å². The number of rotatable bonds is 7. The molecular formula is C44H42O2Si2. The van der Waals surface area contributed by atoms with Gasteiger partial charge in [0, 0.05) is 5.56 Å². The molecule has 0 fully saturated rings. The molecular weight excluding hydrogens is 617 g/mol. The van der Waals surface area contributed by atoms with Gasteiger partial charge in [-0.15, -0.1) is 0 Å². The number of hydrogen-bond donors (Lipinski definition) is 0. The monoisotopic (exact) mass is 658 g/mol. The quantitative estimate of drug-likeness (QED) is 0.126. The lowest BCUT2D eigenvalue weighted by atomic mass is 9.88. The summed E-state index contributed by atoms with van der Waals surface area (Å²) >= 11 is 0. The molecule has 0 aliphatic heterocycles. The number of ether oxygens (including phenoxy) is 1. The van der Waals surface area contributed by atoms with Gasteiger partial charge in [0.25, 0.3) is 0 Å². The average molecular weight is 659 g/mol. The van der Waals surface area contributed by atoms with Crippen LogP contribution in [0.15, 0.2) is 156 Å². The largest absolute Gasteiger partial charge is 0.442 e. The Labute approximate surface area is 286 Å². The smallest absolute Gasteiger partial charge is 0.340 e. The summed E-state index contributed by atoms with van der Waals surface area (Å²) in [6.07, 6.45) is 0. The highest BCUT2D eigenvalue weighted by molar-refractivity contribution is 6.89. The Hall–Kier alpha value is -4.78. The van der Waals surface area contributed by atoms with Crippen LogP contribution in [0, 0.1) is 0 Å². The molecule has 0 unspecified atom stereocenters. The Morgan fingerprint density at radius 1 is 0.479 bits per heavy atom. The van der Waals surface area contributed by atoms with Gasteiger partial charge in [-0.05, 0) is 60.3 Å². The molecule has 6 aromatic rings. The Kier molecular flexibility index (Phi) is 7.97. The van der Waals surface area contributed by atoms with Crippen LogP contribution in [0.2, 0.25) is 39.3 Å². The first kappa shape index (κ1) is 31.8. The van der Waals surface area contributed by atoms with Crippen molar-refractivity contribution in [2.45, 2.75) is 44.9 Å². The number of carbonyl (C=O) groups is 1. The molecule has 0 heterocycles. The molecule has 2 nitrogen and oxygen atoms in total. The van der Waals surface area contributed by atoms with Crippen molar-refractivity contribution in [2.75, 3.05) is 0 Å². The van der Waals surface area contributed by atoms with Crippen molar-refractivity contribution < 1.29 is 9.53 Å². The van der Waals surface area contributed by atoms with Gasteiger partial charge in [-0.25, -0.2) is 4.79 Å². The molecule has 1 aliphatic carbocycles. The first-order chi connectivity index (χ1) is 23.0. The topological polar surface area (TPSA) is 26.3 Å². The summed E-state index contributed by atoms with van der Waals surface area (Å²) in [6.45, 7) is 14.5. The summed E-state index contributed by atoms with van der Waals surface area (Å²) in [7, 11) is -4.62. The van der Waals surface area contributed by atoms with Crippen LogP contribution < -0.4 is 0 Å². The predicted molar refractivity (Wildman–Crippen MR) is 208 cm³/mol. The maximum absolute atomic E-state index is 15.1. The highest BCUT2D eigenvalue weighted by Crippen LogP contribution is 2.61. The third-order valence-corrected chi connectivity index (χ3v) is 13.7. The van der Waals surface area contributed by atoms with Crippen molar-refractivity contribution in [3.8, 4) is 0 Å². The lowest BCUT2D eigenvalue weighted by Crippen LogP contribution is -2.49. The summed E-state index contributed by atoms with van der Waals surface area (Å²) in [6, 6.07) is 50.7. The summed E-state index contributed by atoms with van der Waals surface area (Å²) in [5, 5.41) is 6.67. The van der Waals surface area contributed by atoms with Gasteiger partial charge in [-0.1, -0.05) is 179 Å². The fourth-order valence-corrected chi connectivity index (χ4v) is 12.8. The zero-order valence-electron chi connectivity index (χ0n) is 28.7. The standard InChI is InChI=1S/C44H42O2Si2/c1-47(2,3)41-39(33-21-9-7-10-22-33)40(34-23-11-8-12-24-34)42(48(4,5)6)44(41,38-30-18-26-32-20-14-16-28-36(32)38)46-43(45)37-29-17-25-31-19-13-15-27-35(31)37/h7-30H,1-6H3. The highest BCUT2D eigenvalue weighted by atomic mass is 28.3. The van der Waals surface area contributed by atoms with Gasteiger partial charge in [0.2, 0.25) is 0 Å². The predicted octanol–water partition coefficient (Wildman–Crippen LogP) is 11.7. The SMILES string of the molecule is C[Si](C)(C)C1=C(c2ccccc2)C(c2ccccc2)=C([Si](C)(C)C)C1(OC(=O)c1cccc2ccccc12)c1cccc2ccccc12. The van der Waals surface area contributed by atoms with E-state index in [1.165, 1.54) is 21.5 Å². The van der Waals surface area contributed by atoms with Crippen LogP contribution >= 0.6 is 0 Å². The molecule has 48 heavy (non-hydrogen) atoms. The molecule has 1 aliphatic rings. The van der Waals surface area contributed by atoms with E-state index in [2.05, 4.69) is 155 Å². The van der Waals surface area contributed by atoms with Crippen LogP contribution in [0.1, 0.15) is 27.0 Å². The van der Waals surface area contributed by atoms with E-state index in [1.54, 1.807) is 0 Å². The van der Waals surface area contributed by atoms with E-state index in [9.17, 15) is 0 Å². The molecule has 7 rings (SSSR count). The van der Waals surface area contributed by atoms with Crippen LogP contribution in [0.3, 0.4) is 0 Å². The fraction of sp³-hybridized carbons (Fsp3) is 0.159. The van der Waals surface area contributed by atoms with Gasteiger partial charge in [0.05, 0.1) is 21.7 Å². The third kappa shape index (κ3) is 5.30. The van der Waals surface area contributed by atoms with E-state index < -0.39 is 21.7 Å². The van der Waals surface area contributed by atoms with Crippen molar-refractivity contribution in [1.29, 1.82) is 0 Å². The number of hydrogen-bond acceptors (Lipinski definition) is 2. The lowest BCUT2D eigenvalue weighted by Gasteiger charge is -2.44. The van der Waals surface area contributed by atoms with Crippen LogP contribution in [0.5, 0.6) is 0 Å². The Morgan fingerprint density at radius 2 is 0.896 bits per heavy atom. The van der Waals surface area contributed by atoms with Crippen molar-refractivity contribution in [2.24, 2.45) is 0 Å². The molecule has 0 radical (unpaired) electrons. The number of allylic oxidation sites excluding steroid dienone is 2. The van der Waals surface area contributed by atoms with Crippen LogP contribution in [0.25, 0.3) is 32.7 Å². The molecule has 0 saturated carbocycles. The molecule has 0 spiro atoms. The van der Waals surface area contributed by atoms with Crippen molar-refractivity contribution in [3.05, 3.63) is 178 Å². The Bertz CT molecular complexity index is 2150. The van der Waals surface area contributed by atoms with Gasteiger partial charge in [0.1, 0.15) is 0 Å². The van der Waals surface area contributed by atoms with E-state index in [-0.39, 0.29) is 5.97 Å². The lowest BCUT2D eigenvalue weighted by molar-refractivity contribution is 0.0172. The zero-order valence-corrected chi connectivity index (χ0v) is 30.7. The molecule has 0 bridgehead atoms. The minimum Gasteiger partial charge on any atom is -0.442 e. The van der Waals surface area contributed by atoms with Crippen LogP contribution in [0.4, 0.5) is 0 Å². The average Bonchev–Trinajstić information content (AvgIpc) is 3.41. The second kappa shape index (κ2) is 12.0. The van der Waals surface area contributed by atoms with E-state index in [0.717, 1.165) is 38.2 Å². The van der Waals surface area contributed by atoms with Gasteiger partial charge < -0.3 is 4.74 Å². The fourth-order valence-electron chi connectivity index (χ4n) is 7.88. The number of esters is 1. The Morgan fingerprint density at radius 3 is 1.42 bits per heavy atom. The van der Waals surface area contributed by atoms with E-state index in [4.69, 9.17) is 4.74 Å². The molecule has 0 N–H and O–H groups in total. The molecule has 0 aromatic heterocycles. The summed E-state index contributed by atoms with van der Waals surface area (Å²) in [5.74, 6) is -0.298. The highest BCUT2D eigenvalue weighted by Gasteiger charge is 2.58. The molecule has 0 amide bonds. The molecule has 6 aromatic carbocycles. The second-order valence-corrected chi connectivity index (χ2v) is 24.9. The number of fused-ring (bicyclic) bond motifs is 2. The van der Waals surface area contributed by atoms with Gasteiger partial charge in [-0.3, -0.25) is 0 Å². The van der Waals surface area contributed by atoms with Gasteiger partial charge in [0.15, 0.2) is 5.60 Å². The third-order valence-electron chi connectivity index (χ3n) is 9.50. The zero-order chi connectivity index (χ0) is 33.7. The van der Waals surface area contributed by atoms with E-state index >= 15 is 4.79 Å². The van der Waals surface area contributed by atoms with Crippen LogP contribution in [-0.4, -0.2) is 22.1 Å². The second-order valence-electron chi connectivity index (χ2n) is 14.9. The van der Waals surface area contributed by atoms with E-state index in [0.29, 0.717) is 5.56 Å². The molecule has 238 valence electrons. The summed E-state index contributed by atoms with van der Waals surface area (Å²) < 4.78 is 7.48. The summed E-state index contributed by atoms with van der Waals surface area (Å²) in [4.78, 5) is 15.1. The van der Waals surface area contributed by atoms with Gasteiger partial charge in [-0.2, -0.15) is 0 Å². The normalized spacial score (nSPS) is 15.0. The first-order valence-corrected chi connectivity index (χ1v) is 23.8. The minimum absolute atomic E-state index is 0.298.